The van der Waals surface area contributed by atoms with Crippen LogP contribution in [0, 0.1) is 0 Å². The molecule has 0 aliphatic carbocycles. The van der Waals surface area contributed by atoms with Crippen LogP contribution in [0.25, 0.3) is 10.9 Å². The minimum absolute atomic E-state index is 0.0211. The van der Waals surface area contributed by atoms with Gasteiger partial charge in [0.25, 0.3) is 5.56 Å². The first-order chi connectivity index (χ1) is 15.2. The predicted octanol–water partition coefficient (Wildman–Crippen LogP) is 4.32. The van der Waals surface area contributed by atoms with Crippen LogP contribution in [0.3, 0.4) is 0 Å². The van der Waals surface area contributed by atoms with Crippen molar-refractivity contribution in [1.82, 2.24) is 9.55 Å². The number of nitrogens with zero attached hydrogens (tertiary/aromatic N) is 3. The van der Waals surface area contributed by atoms with Gasteiger partial charge in [-0.25, -0.2) is 4.98 Å². The monoisotopic (exact) mass is 470 g/mol. The molecule has 0 atom stereocenters. The van der Waals surface area contributed by atoms with Gasteiger partial charge in [-0.1, -0.05) is 42.4 Å². The number of carbonyl (C=O) groups excluding carboxylic acids is 2. The summed E-state index contributed by atoms with van der Waals surface area (Å²) < 4.78 is 1.59. The first kappa shape index (κ1) is 22.4. The summed E-state index contributed by atoms with van der Waals surface area (Å²) >= 11 is 7.28. The van der Waals surface area contributed by atoms with Gasteiger partial charge < -0.3 is 5.32 Å². The number of carbonyl (C=O) groups is 2. The summed E-state index contributed by atoms with van der Waals surface area (Å²) in [5, 5.41) is 4.28. The van der Waals surface area contributed by atoms with E-state index in [-0.39, 0.29) is 23.1 Å². The highest BCUT2D eigenvalue weighted by Gasteiger charge is 2.43. The van der Waals surface area contributed by atoms with Crippen LogP contribution in [0.5, 0.6) is 0 Å². The highest BCUT2D eigenvalue weighted by atomic mass is 35.5. The van der Waals surface area contributed by atoms with Gasteiger partial charge in [0.1, 0.15) is 5.54 Å². The minimum Gasteiger partial charge on any atom is -0.322 e. The van der Waals surface area contributed by atoms with Crippen LogP contribution < -0.4 is 15.8 Å². The number of amides is 2. The molecule has 32 heavy (non-hydrogen) atoms. The summed E-state index contributed by atoms with van der Waals surface area (Å²) in [5.74, 6) is -0.477. The molecule has 0 unspecified atom stereocenters. The lowest BCUT2D eigenvalue weighted by Gasteiger charge is -2.42. The quantitative estimate of drug-likeness (QED) is 0.443. The molecule has 0 saturated carbocycles. The molecule has 1 N–H and O–H groups in total. The third-order valence-corrected chi connectivity index (χ3v) is 6.61. The fourth-order valence-electron chi connectivity index (χ4n) is 3.79. The lowest BCUT2D eigenvalue weighted by molar-refractivity contribution is -0.125. The van der Waals surface area contributed by atoms with E-state index in [0.29, 0.717) is 39.0 Å². The lowest BCUT2D eigenvalue weighted by Crippen LogP contribution is -2.59. The lowest BCUT2D eigenvalue weighted by atomic mass is 9.96. The first-order valence-electron chi connectivity index (χ1n) is 10.3. The molecular formula is C23H23ClN4O3S. The molecule has 1 aromatic heterocycles. The highest BCUT2D eigenvalue weighted by Crippen LogP contribution is 2.37. The number of hydrogen-bond acceptors (Lipinski definition) is 5. The molecule has 2 amide bonds. The molecule has 3 aromatic rings. The zero-order chi connectivity index (χ0) is 23.0. The van der Waals surface area contributed by atoms with Gasteiger partial charge in [-0.15, -0.1) is 0 Å². The van der Waals surface area contributed by atoms with Crippen molar-refractivity contribution in [2.75, 3.05) is 16.0 Å². The largest absolute Gasteiger partial charge is 0.322 e. The average molecular weight is 471 g/mol. The number of halogens is 1. The van der Waals surface area contributed by atoms with Gasteiger partial charge in [0.2, 0.25) is 11.8 Å². The maximum Gasteiger partial charge on any atom is 0.262 e. The Bertz CT molecular complexity index is 1290. The van der Waals surface area contributed by atoms with Crippen LogP contribution in [0.2, 0.25) is 5.02 Å². The van der Waals surface area contributed by atoms with Crippen molar-refractivity contribution in [3.8, 4) is 0 Å². The Hall–Kier alpha value is -2.84. The third kappa shape index (κ3) is 3.89. The SMILES string of the molecule is CCCn1c(SCC(=O)N2c3ccccc3NC(=O)C2(C)C)nc2cc(Cl)ccc2c1=O. The number of rotatable bonds is 5. The van der Waals surface area contributed by atoms with E-state index < -0.39 is 5.54 Å². The summed E-state index contributed by atoms with van der Waals surface area (Å²) in [6, 6.07) is 12.2. The number of thioether (sulfide) groups is 1. The second kappa shape index (κ2) is 8.60. The van der Waals surface area contributed by atoms with Gasteiger partial charge in [-0.05, 0) is 50.6 Å². The van der Waals surface area contributed by atoms with E-state index in [4.69, 9.17) is 11.6 Å². The van der Waals surface area contributed by atoms with E-state index in [1.165, 1.54) is 16.7 Å². The number of nitrogens with one attached hydrogen (secondary N) is 1. The number of benzene rings is 2. The molecule has 1 aliphatic heterocycles. The molecule has 4 rings (SSSR count). The smallest absolute Gasteiger partial charge is 0.262 e. The van der Waals surface area contributed by atoms with E-state index in [1.807, 2.05) is 25.1 Å². The fourth-order valence-corrected chi connectivity index (χ4v) is 4.83. The predicted molar refractivity (Wildman–Crippen MR) is 129 cm³/mol. The molecule has 2 heterocycles. The van der Waals surface area contributed by atoms with Gasteiger partial charge in [0.05, 0.1) is 28.0 Å². The average Bonchev–Trinajstić information content (AvgIpc) is 2.75. The van der Waals surface area contributed by atoms with E-state index in [2.05, 4.69) is 10.3 Å². The minimum atomic E-state index is -1.06. The molecular weight excluding hydrogens is 448 g/mol. The molecule has 0 spiro atoms. The van der Waals surface area contributed by atoms with E-state index in [0.717, 1.165) is 6.42 Å². The topological polar surface area (TPSA) is 84.3 Å². The van der Waals surface area contributed by atoms with Crippen molar-refractivity contribution in [2.45, 2.75) is 44.4 Å². The summed E-state index contributed by atoms with van der Waals surface area (Å²) in [6.07, 6.45) is 0.745. The van der Waals surface area contributed by atoms with Gasteiger partial charge in [0, 0.05) is 11.6 Å². The van der Waals surface area contributed by atoms with Crippen LogP contribution in [0.1, 0.15) is 27.2 Å². The Morgan fingerprint density at radius 1 is 1.19 bits per heavy atom. The van der Waals surface area contributed by atoms with Gasteiger partial charge in [-0.3, -0.25) is 23.9 Å². The molecule has 0 fully saturated rings. The van der Waals surface area contributed by atoms with Gasteiger partial charge in [-0.2, -0.15) is 0 Å². The Balaban J connectivity index is 1.69. The normalized spacial score (nSPS) is 14.9. The maximum atomic E-state index is 13.4. The molecule has 166 valence electrons. The molecule has 1 aliphatic rings. The second-order valence-electron chi connectivity index (χ2n) is 8.06. The number of hydrogen-bond donors (Lipinski definition) is 1. The van der Waals surface area contributed by atoms with Crippen LogP contribution >= 0.6 is 23.4 Å². The van der Waals surface area contributed by atoms with Crippen LogP contribution in [0.4, 0.5) is 11.4 Å². The molecule has 7 nitrogen and oxygen atoms in total. The third-order valence-electron chi connectivity index (χ3n) is 5.41. The Morgan fingerprint density at radius 3 is 2.69 bits per heavy atom. The van der Waals surface area contributed by atoms with E-state index >= 15 is 0 Å². The van der Waals surface area contributed by atoms with Gasteiger partial charge in [0.15, 0.2) is 5.16 Å². The fraction of sp³-hybridized carbons (Fsp3) is 0.304. The zero-order valence-corrected chi connectivity index (χ0v) is 19.6. The van der Waals surface area contributed by atoms with E-state index in [9.17, 15) is 14.4 Å². The molecule has 0 radical (unpaired) electrons. The van der Waals surface area contributed by atoms with Crippen molar-refractivity contribution >= 4 is 57.5 Å². The van der Waals surface area contributed by atoms with Crippen molar-refractivity contribution < 1.29 is 9.59 Å². The summed E-state index contributed by atoms with van der Waals surface area (Å²) in [6.45, 7) is 5.89. The van der Waals surface area contributed by atoms with Crippen LogP contribution in [-0.4, -0.2) is 32.7 Å². The Morgan fingerprint density at radius 2 is 1.94 bits per heavy atom. The number of para-hydroxylation sites is 2. The van der Waals surface area contributed by atoms with Crippen LogP contribution in [-0.2, 0) is 16.1 Å². The van der Waals surface area contributed by atoms with Crippen molar-refractivity contribution in [3.05, 3.63) is 57.8 Å². The van der Waals surface area contributed by atoms with Crippen molar-refractivity contribution in [3.63, 3.8) is 0 Å². The second-order valence-corrected chi connectivity index (χ2v) is 9.44. The molecule has 0 saturated heterocycles. The number of aromatic nitrogens is 2. The first-order valence-corrected chi connectivity index (χ1v) is 11.7. The van der Waals surface area contributed by atoms with Crippen molar-refractivity contribution in [2.24, 2.45) is 0 Å². The van der Waals surface area contributed by atoms with E-state index in [1.54, 1.807) is 42.7 Å². The number of anilines is 2. The molecule has 9 heteroatoms. The van der Waals surface area contributed by atoms with Crippen LogP contribution in [0.15, 0.2) is 52.4 Å². The number of fused-ring (bicyclic) bond motifs is 2. The highest BCUT2D eigenvalue weighted by molar-refractivity contribution is 7.99. The maximum absolute atomic E-state index is 13.4. The Labute approximate surface area is 194 Å². The standard InChI is InChI=1S/C23H23ClN4O3S/c1-4-11-27-20(30)15-10-9-14(24)12-17(15)26-22(27)32-13-19(29)28-18-8-6-5-7-16(18)25-21(31)23(28,2)3/h5-10,12H,4,11,13H2,1-3H3,(H,25,31). The summed E-state index contributed by atoms with van der Waals surface area (Å²) in [7, 11) is 0. The zero-order valence-electron chi connectivity index (χ0n) is 18.0. The Kier molecular flexibility index (Phi) is 6.01. The summed E-state index contributed by atoms with van der Waals surface area (Å²) in [5.41, 5.74) is 0.516. The molecule has 2 aromatic carbocycles. The summed E-state index contributed by atoms with van der Waals surface area (Å²) in [4.78, 5) is 45.2. The van der Waals surface area contributed by atoms with Gasteiger partial charge >= 0.3 is 0 Å². The molecule has 0 bridgehead atoms. The van der Waals surface area contributed by atoms with Crippen molar-refractivity contribution in [1.29, 1.82) is 0 Å².